The molecule has 5 nitrogen and oxygen atoms in total. The van der Waals surface area contributed by atoms with Crippen molar-refractivity contribution < 1.29 is 4.79 Å². The molecule has 0 fully saturated rings. The fourth-order valence-electron chi connectivity index (χ4n) is 2.48. The van der Waals surface area contributed by atoms with Crippen molar-refractivity contribution in [3.8, 4) is 0 Å². The van der Waals surface area contributed by atoms with Crippen molar-refractivity contribution in [3.63, 3.8) is 0 Å². The van der Waals surface area contributed by atoms with Gasteiger partial charge in [-0.15, -0.1) is 11.3 Å². The number of anilines is 1. The van der Waals surface area contributed by atoms with E-state index in [4.69, 9.17) is 0 Å². The molecule has 2 aromatic heterocycles. The molecule has 0 radical (unpaired) electrons. The third-order valence-electron chi connectivity index (χ3n) is 3.71. The zero-order valence-corrected chi connectivity index (χ0v) is 12.2. The van der Waals surface area contributed by atoms with Gasteiger partial charge < -0.3 is 15.2 Å². The van der Waals surface area contributed by atoms with Gasteiger partial charge in [-0.25, -0.2) is 9.78 Å². The van der Waals surface area contributed by atoms with Gasteiger partial charge in [-0.3, -0.25) is 0 Å². The number of rotatable bonds is 3. The molecule has 2 aromatic rings. The molecule has 0 unspecified atom stereocenters. The van der Waals surface area contributed by atoms with Crippen molar-refractivity contribution in [3.05, 3.63) is 34.5 Å². The zero-order valence-electron chi connectivity index (χ0n) is 11.4. The number of nitrogens with zero attached hydrogens (tertiary/aromatic N) is 2. The average molecular weight is 290 g/mol. The summed E-state index contributed by atoms with van der Waals surface area (Å²) in [5.74, 6) is 1.59. The van der Waals surface area contributed by atoms with Crippen LogP contribution < -0.4 is 10.6 Å². The third-order valence-corrected chi connectivity index (χ3v) is 4.57. The molecule has 20 heavy (non-hydrogen) atoms. The fraction of sp³-hybridized carbons (Fsp3) is 0.429. The number of hydrogen-bond donors (Lipinski definition) is 2. The van der Waals surface area contributed by atoms with Crippen molar-refractivity contribution in [2.45, 2.75) is 26.3 Å². The van der Waals surface area contributed by atoms with Crippen LogP contribution in [0.25, 0.3) is 0 Å². The van der Waals surface area contributed by atoms with E-state index in [-0.39, 0.29) is 6.03 Å². The largest absolute Gasteiger partial charge is 0.338 e. The van der Waals surface area contributed by atoms with E-state index in [9.17, 15) is 4.79 Å². The first-order valence-electron chi connectivity index (χ1n) is 6.80. The summed E-state index contributed by atoms with van der Waals surface area (Å²) < 4.78 is 2.19. The molecular weight excluding hydrogens is 272 g/mol. The highest BCUT2D eigenvalue weighted by Gasteiger charge is 2.19. The van der Waals surface area contributed by atoms with Crippen molar-refractivity contribution in [1.29, 1.82) is 0 Å². The molecule has 1 aliphatic rings. The second kappa shape index (κ2) is 5.66. The summed E-state index contributed by atoms with van der Waals surface area (Å²) in [5.41, 5.74) is 2.00. The summed E-state index contributed by atoms with van der Waals surface area (Å²) in [4.78, 5) is 16.2. The van der Waals surface area contributed by atoms with Gasteiger partial charge in [0.1, 0.15) is 5.82 Å². The normalized spacial score (nSPS) is 17.6. The Bertz CT molecular complexity index is 604. The van der Waals surface area contributed by atoms with Crippen LogP contribution in [0.15, 0.2) is 23.2 Å². The number of thiophene rings is 1. The molecule has 3 rings (SSSR count). The Morgan fingerprint density at radius 2 is 2.45 bits per heavy atom. The molecule has 106 valence electrons. The monoisotopic (exact) mass is 290 g/mol. The van der Waals surface area contributed by atoms with Gasteiger partial charge >= 0.3 is 6.03 Å². The van der Waals surface area contributed by atoms with Crippen LogP contribution >= 0.6 is 11.3 Å². The van der Waals surface area contributed by atoms with E-state index in [1.807, 2.05) is 30.1 Å². The quantitative estimate of drug-likeness (QED) is 0.913. The molecular formula is C14H18N4OS. The van der Waals surface area contributed by atoms with Gasteiger partial charge in [-0.1, -0.05) is 0 Å². The molecule has 1 atom stereocenters. The summed E-state index contributed by atoms with van der Waals surface area (Å²) in [6, 6.07) is -0.125. The minimum atomic E-state index is -0.125. The molecule has 0 aromatic carbocycles. The molecule has 2 N–H and O–H groups in total. The standard InChI is InChI=1S/C14H18N4OS/c1-10-8-20-9-12(10)17-14(19)16-7-11-2-4-18-5-3-15-13(18)6-11/h3,5,8-9,11H,2,4,6-7H2,1H3,(H2,16,17,19)/t11-/m0/s1. The molecule has 3 heterocycles. The minimum absolute atomic E-state index is 0.125. The van der Waals surface area contributed by atoms with Crippen LogP contribution in [0.1, 0.15) is 17.8 Å². The second-order valence-corrected chi connectivity index (χ2v) is 5.94. The maximum absolute atomic E-state index is 11.9. The Morgan fingerprint density at radius 3 is 3.25 bits per heavy atom. The van der Waals surface area contributed by atoms with Gasteiger partial charge in [0.25, 0.3) is 0 Å². The molecule has 6 heteroatoms. The van der Waals surface area contributed by atoms with Crippen LogP contribution in [-0.2, 0) is 13.0 Å². The lowest BCUT2D eigenvalue weighted by atomic mass is 9.98. The highest BCUT2D eigenvalue weighted by atomic mass is 32.1. The molecule has 0 saturated carbocycles. The predicted octanol–water partition coefficient (Wildman–Crippen LogP) is 2.64. The molecule has 1 aliphatic heterocycles. The molecule has 2 amide bonds. The Hall–Kier alpha value is -1.82. The number of fused-ring (bicyclic) bond motifs is 1. The van der Waals surface area contributed by atoms with Gasteiger partial charge in [-0.05, 0) is 30.2 Å². The number of aryl methyl sites for hydroxylation is 2. The summed E-state index contributed by atoms with van der Waals surface area (Å²) in [7, 11) is 0. The first kappa shape index (κ1) is 13.2. The summed E-state index contributed by atoms with van der Waals surface area (Å²) in [5, 5.41) is 9.82. The van der Waals surface area contributed by atoms with Gasteiger partial charge in [0, 0.05) is 37.3 Å². The number of carbonyl (C=O) groups is 1. The van der Waals surface area contributed by atoms with E-state index >= 15 is 0 Å². The number of carbonyl (C=O) groups excluding carboxylic acids is 1. The third kappa shape index (κ3) is 2.85. The second-order valence-electron chi connectivity index (χ2n) is 5.20. The first-order valence-corrected chi connectivity index (χ1v) is 7.74. The van der Waals surface area contributed by atoms with Crippen LogP contribution in [0, 0.1) is 12.8 Å². The maximum Gasteiger partial charge on any atom is 0.319 e. The number of amides is 2. The molecule has 0 aliphatic carbocycles. The van der Waals surface area contributed by atoms with E-state index < -0.39 is 0 Å². The number of hydrogen-bond acceptors (Lipinski definition) is 3. The minimum Gasteiger partial charge on any atom is -0.338 e. The van der Waals surface area contributed by atoms with Gasteiger partial charge in [0.05, 0.1) is 5.69 Å². The van der Waals surface area contributed by atoms with E-state index in [0.29, 0.717) is 12.5 Å². The van der Waals surface area contributed by atoms with Crippen LogP contribution in [0.4, 0.5) is 10.5 Å². The Labute approximate surface area is 122 Å². The predicted molar refractivity (Wildman–Crippen MR) is 80.1 cm³/mol. The summed E-state index contributed by atoms with van der Waals surface area (Å²) >= 11 is 1.59. The molecule has 0 bridgehead atoms. The van der Waals surface area contributed by atoms with E-state index in [1.165, 1.54) is 0 Å². The highest BCUT2D eigenvalue weighted by molar-refractivity contribution is 7.08. The smallest absolute Gasteiger partial charge is 0.319 e. The van der Waals surface area contributed by atoms with Gasteiger partial charge in [0.15, 0.2) is 0 Å². The number of urea groups is 1. The van der Waals surface area contributed by atoms with E-state index in [2.05, 4.69) is 20.2 Å². The zero-order chi connectivity index (χ0) is 13.9. The van der Waals surface area contributed by atoms with Crippen LogP contribution in [0.2, 0.25) is 0 Å². The summed E-state index contributed by atoms with van der Waals surface area (Å²) in [6.45, 7) is 3.68. The first-order chi connectivity index (χ1) is 9.72. The van der Waals surface area contributed by atoms with Crippen LogP contribution in [-0.4, -0.2) is 22.1 Å². The van der Waals surface area contributed by atoms with Crippen molar-refractivity contribution in [2.24, 2.45) is 5.92 Å². The lowest BCUT2D eigenvalue weighted by molar-refractivity contribution is 0.248. The van der Waals surface area contributed by atoms with Gasteiger partial charge in [0.2, 0.25) is 0 Å². The number of imidazole rings is 1. The molecule has 0 saturated heterocycles. The average Bonchev–Trinajstić information content (AvgIpc) is 3.05. The lowest BCUT2D eigenvalue weighted by Gasteiger charge is -2.23. The Morgan fingerprint density at radius 1 is 1.55 bits per heavy atom. The van der Waals surface area contributed by atoms with Crippen molar-refractivity contribution in [1.82, 2.24) is 14.9 Å². The van der Waals surface area contributed by atoms with Crippen molar-refractivity contribution in [2.75, 3.05) is 11.9 Å². The topological polar surface area (TPSA) is 59.0 Å². The van der Waals surface area contributed by atoms with Crippen LogP contribution in [0.3, 0.4) is 0 Å². The lowest BCUT2D eigenvalue weighted by Crippen LogP contribution is -2.35. The summed E-state index contributed by atoms with van der Waals surface area (Å²) in [6.07, 6.45) is 5.88. The molecule has 0 spiro atoms. The fourth-order valence-corrected chi connectivity index (χ4v) is 3.26. The number of aromatic nitrogens is 2. The van der Waals surface area contributed by atoms with Gasteiger partial charge in [-0.2, -0.15) is 0 Å². The Balaban J connectivity index is 1.48. The SMILES string of the molecule is Cc1cscc1NC(=O)NC[C@H]1CCn2ccnc2C1. The van der Waals surface area contributed by atoms with Crippen molar-refractivity contribution >= 4 is 23.1 Å². The highest BCUT2D eigenvalue weighted by Crippen LogP contribution is 2.20. The van der Waals surface area contributed by atoms with Crippen LogP contribution in [0.5, 0.6) is 0 Å². The number of nitrogens with one attached hydrogen (secondary N) is 2. The Kier molecular flexibility index (Phi) is 3.73. The maximum atomic E-state index is 11.9. The van der Waals surface area contributed by atoms with E-state index in [0.717, 1.165) is 36.5 Å². The van der Waals surface area contributed by atoms with E-state index in [1.54, 1.807) is 11.3 Å².